The van der Waals surface area contributed by atoms with E-state index in [0.717, 1.165) is 29.9 Å². The summed E-state index contributed by atoms with van der Waals surface area (Å²) >= 11 is 2.87. The normalized spacial score (nSPS) is 12.5. The molecular formula is C24H21N3O3S2. The Balaban J connectivity index is 1.11. The van der Waals surface area contributed by atoms with Crippen molar-refractivity contribution in [3.8, 4) is 16.9 Å². The molecule has 1 amide bonds. The van der Waals surface area contributed by atoms with Gasteiger partial charge in [-0.05, 0) is 34.4 Å². The van der Waals surface area contributed by atoms with Crippen LogP contribution >= 0.6 is 23.1 Å². The lowest BCUT2D eigenvalue weighted by atomic mass is 10.0. The van der Waals surface area contributed by atoms with Crippen LogP contribution in [0.4, 0.5) is 0 Å². The molecule has 2 aromatic carbocycles. The molecule has 5 rings (SSSR count). The second kappa shape index (κ2) is 9.18. The Labute approximate surface area is 193 Å². The van der Waals surface area contributed by atoms with Crippen molar-refractivity contribution < 1.29 is 9.53 Å². The molecule has 8 heteroatoms. The summed E-state index contributed by atoms with van der Waals surface area (Å²) in [6.45, 7) is 1.24. The molecule has 32 heavy (non-hydrogen) atoms. The van der Waals surface area contributed by atoms with Crippen molar-refractivity contribution in [3.63, 3.8) is 0 Å². The van der Waals surface area contributed by atoms with E-state index in [2.05, 4.69) is 34.6 Å². The summed E-state index contributed by atoms with van der Waals surface area (Å²) in [4.78, 5) is 29.4. The second-order valence-electron chi connectivity index (χ2n) is 7.53. The Morgan fingerprint density at radius 3 is 2.88 bits per heavy atom. The fraction of sp³-hybridized carbons (Fsp3) is 0.208. The molecule has 0 spiro atoms. The van der Waals surface area contributed by atoms with Gasteiger partial charge >= 0.3 is 0 Å². The minimum absolute atomic E-state index is 0.0355. The van der Waals surface area contributed by atoms with Crippen molar-refractivity contribution in [1.29, 1.82) is 0 Å². The molecule has 0 fully saturated rings. The number of carbonyl (C=O) groups excluding carboxylic acids is 1. The lowest BCUT2D eigenvalue weighted by molar-refractivity contribution is -0.118. The number of hydrogen-bond donors (Lipinski definition) is 1. The van der Waals surface area contributed by atoms with Crippen molar-refractivity contribution in [2.75, 3.05) is 12.4 Å². The summed E-state index contributed by atoms with van der Waals surface area (Å²) in [6.07, 6.45) is 2.67. The predicted molar refractivity (Wildman–Crippen MR) is 128 cm³/mol. The molecule has 1 aliphatic heterocycles. The number of benzene rings is 2. The molecule has 2 aromatic heterocycles. The van der Waals surface area contributed by atoms with E-state index in [4.69, 9.17) is 4.74 Å². The zero-order chi connectivity index (χ0) is 21.9. The first-order valence-electron chi connectivity index (χ1n) is 10.3. The minimum Gasteiger partial charge on any atom is -0.493 e. The molecule has 0 aliphatic carbocycles. The molecule has 0 saturated carbocycles. The molecule has 0 atom stereocenters. The van der Waals surface area contributed by atoms with Gasteiger partial charge in [-0.25, -0.2) is 4.98 Å². The van der Waals surface area contributed by atoms with Crippen LogP contribution in [-0.4, -0.2) is 27.7 Å². The van der Waals surface area contributed by atoms with Gasteiger partial charge in [0.2, 0.25) is 5.91 Å². The molecule has 1 N–H and O–H groups in total. The Bertz CT molecular complexity index is 1330. The summed E-state index contributed by atoms with van der Waals surface area (Å²) in [5, 5.41) is 4.79. The number of nitrogens with one attached hydrogen (secondary N) is 1. The number of carbonyl (C=O) groups is 1. The van der Waals surface area contributed by atoms with Crippen LogP contribution in [0.25, 0.3) is 16.1 Å². The maximum absolute atomic E-state index is 12.2. The number of nitrogens with zero attached hydrogens (tertiary/aromatic N) is 2. The van der Waals surface area contributed by atoms with Gasteiger partial charge in [0.15, 0.2) is 4.96 Å². The molecule has 0 unspecified atom stereocenters. The highest BCUT2D eigenvalue weighted by molar-refractivity contribution is 7.99. The topological polar surface area (TPSA) is 72.7 Å². The lowest BCUT2D eigenvalue weighted by Crippen LogP contribution is -2.24. The SMILES string of the molecule is O=C(CSCc1cc(=O)n2ccsc2n1)NCc1ccc(-c2ccc3c(c2)CCO3)cc1. The second-order valence-corrected chi connectivity index (χ2v) is 9.39. The molecule has 0 bridgehead atoms. The van der Waals surface area contributed by atoms with Gasteiger partial charge in [-0.3, -0.25) is 14.0 Å². The monoisotopic (exact) mass is 463 g/mol. The molecule has 1 aliphatic rings. The van der Waals surface area contributed by atoms with Crippen LogP contribution in [0.5, 0.6) is 5.75 Å². The molecule has 0 saturated heterocycles. The zero-order valence-corrected chi connectivity index (χ0v) is 18.9. The minimum atomic E-state index is -0.0898. The molecule has 0 radical (unpaired) electrons. The van der Waals surface area contributed by atoms with Gasteiger partial charge < -0.3 is 10.1 Å². The van der Waals surface area contributed by atoms with Crippen LogP contribution in [-0.2, 0) is 23.5 Å². The van der Waals surface area contributed by atoms with Gasteiger partial charge in [0.1, 0.15) is 5.75 Å². The number of thiazole rings is 1. The Kier molecular flexibility index (Phi) is 5.96. The number of hydrogen-bond acceptors (Lipinski definition) is 6. The van der Waals surface area contributed by atoms with E-state index in [1.165, 1.54) is 44.7 Å². The smallest absolute Gasteiger partial charge is 0.258 e. The largest absolute Gasteiger partial charge is 0.493 e. The van der Waals surface area contributed by atoms with E-state index in [9.17, 15) is 9.59 Å². The van der Waals surface area contributed by atoms with Gasteiger partial charge in [-0.1, -0.05) is 30.3 Å². The first-order valence-corrected chi connectivity index (χ1v) is 12.3. The first kappa shape index (κ1) is 20.8. The Morgan fingerprint density at radius 1 is 1.16 bits per heavy atom. The number of fused-ring (bicyclic) bond motifs is 2. The van der Waals surface area contributed by atoms with Crippen LogP contribution in [0.15, 0.2) is 64.9 Å². The zero-order valence-electron chi connectivity index (χ0n) is 17.2. The molecule has 3 heterocycles. The third-order valence-electron chi connectivity index (χ3n) is 5.31. The van der Waals surface area contributed by atoms with E-state index < -0.39 is 0 Å². The van der Waals surface area contributed by atoms with Crippen molar-refractivity contribution >= 4 is 34.0 Å². The maximum Gasteiger partial charge on any atom is 0.258 e. The lowest BCUT2D eigenvalue weighted by Gasteiger charge is -2.08. The fourth-order valence-corrected chi connectivity index (χ4v) is 5.13. The highest BCUT2D eigenvalue weighted by Crippen LogP contribution is 2.30. The van der Waals surface area contributed by atoms with E-state index >= 15 is 0 Å². The van der Waals surface area contributed by atoms with Gasteiger partial charge in [0, 0.05) is 36.4 Å². The Hall–Kier alpha value is -3.10. The van der Waals surface area contributed by atoms with Gasteiger partial charge in [0.05, 0.1) is 18.1 Å². The van der Waals surface area contributed by atoms with E-state index in [1.54, 1.807) is 6.20 Å². The summed E-state index contributed by atoms with van der Waals surface area (Å²) in [5.41, 5.74) is 5.24. The number of ether oxygens (including phenoxy) is 1. The molecular weight excluding hydrogens is 442 g/mol. The van der Waals surface area contributed by atoms with Gasteiger partial charge in [-0.2, -0.15) is 0 Å². The van der Waals surface area contributed by atoms with Crippen LogP contribution in [0.1, 0.15) is 16.8 Å². The third kappa shape index (κ3) is 4.56. The van der Waals surface area contributed by atoms with Crippen LogP contribution in [0.2, 0.25) is 0 Å². The average Bonchev–Trinajstić information content (AvgIpc) is 3.47. The highest BCUT2D eigenvalue weighted by Gasteiger charge is 2.12. The summed E-state index contributed by atoms with van der Waals surface area (Å²) < 4.78 is 7.10. The maximum atomic E-state index is 12.2. The number of rotatable bonds is 7. The van der Waals surface area contributed by atoms with Crippen molar-refractivity contribution in [1.82, 2.24) is 14.7 Å². The summed E-state index contributed by atoms with van der Waals surface area (Å²) in [6, 6.07) is 16.1. The molecule has 162 valence electrons. The quantitative estimate of drug-likeness (QED) is 0.450. The highest BCUT2D eigenvalue weighted by atomic mass is 32.2. The van der Waals surface area contributed by atoms with Gasteiger partial charge in [-0.15, -0.1) is 23.1 Å². The van der Waals surface area contributed by atoms with E-state index in [0.29, 0.717) is 28.7 Å². The third-order valence-corrected chi connectivity index (χ3v) is 7.03. The van der Waals surface area contributed by atoms with Crippen molar-refractivity contribution in [2.24, 2.45) is 0 Å². The van der Waals surface area contributed by atoms with Crippen LogP contribution in [0, 0.1) is 0 Å². The average molecular weight is 464 g/mol. The molecule has 4 aromatic rings. The van der Waals surface area contributed by atoms with E-state index in [1.807, 2.05) is 23.6 Å². The summed E-state index contributed by atoms with van der Waals surface area (Å²) in [7, 11) is 0. The number of amides is 1. The van der Waals surface area contributed by atoms with Crippen LogP contribution in [0.3, 0.4) is 0 Å². The first-order chi connectivity index (χ1) is 15.7. The van der Waals surface area contributed by atoms with Crippen LogP contribution < -0.4 is 15.6 Å². The number of aromatic nitrogens is 2. The van der Waals surface area contributed by atoms with Gasteiger partial charge in [0.25, 0.3) is 5.56 Å². The Morgan fingerprint density at radius 2 is 2.00 bits per heavy atom. The fourth-order valence-electron chi connectivity index (χ4n) is 3.64. The standard InChI is InChI=1S/C24H21N3O3S2/c28-22(15-31-14-20-12-23(29)27-8-10-32-24(27)26-20)25-13-16-1-3-17(4-2-16)18-5-6-21-19(11-18)7-9-30-21/h1-6,8,10-12H,7,9,13-15H2,(H,25,28). The van der Waals surface area contributed by atoms with E-state index in [-0.39, 0.29) is 11.5 Å². The molecule has 6 nitrogen and oxygen atoms in total. The van der Waals surface area contributed by atoms with Crippen molar-refractivity contribution in [2.45, 2.75) is 18.7 Å². The number of thioether (sulfide) groups is 1. The van der Waals surface area contributed by atoms with Crippen molar-refractivity contribution in [3.05, 3.63) is 87.3 Å². The predicted octanol–water partition coefficient (Wildman–Crippen LogP) is 3.91. The summed E-state index contributed by atoms with van der Waals surface area (Å²) in [5.74, 6) is 1.80.